The second-order valence-corrected chi connectivity index (χ2v) is 2.61. The summed E-state index contributed by atoms with van der Waals surface area (Å²) >= 11 is 0. The lowest BCUT2D eigenvalue weighted by atomic mass is 10.4. The average molecular weight is 197 g/mol. The first kappa shape index (κ1) is 10.3. The third-order valence-electron chi connectivity index (χ3n) is 1.44. The summed E-state index contributed by atoms with van der Waals surface area (Å²) in [7, 11) is 0. The summed E-state index contributed by atoms with van der Waals surface area (Å²) in [5.74, 6) is -0.249. The first-order valence-corrected chi connectivity index (χ1v) is 3.99. The van der Waals surface area contributed by atoms with Gasteiger partial charge in [0.2, 0.25) is 5.91 Å². The van der Waals surface area contributed by atoms with Gasteiger partial charge < -0.3 is 10.2 Å². The van der Waals surface area contributed by atoms with Crippen LogP contribution in [0.15, 0.2) is 16.5 Å². The Balaban J connectivity index is 2.56. The second kappa shape index (κ2) is 4.43. The van der Waals surface area contributed by atoms with E-state index < -0.39 is 5.91 Å². The van der Waals surface area contributed by atoms with Crippen molar-refractivity contribution in [3.8, 4) is 0 Å². The number of hydrogen-bond acceptors (Lipinski definition) is 4. The number of nitrogens with two attached hydrogens (primary N) is 1. The Morgan fingerprint density at radius 1 is 1.43 bits per heavy atom. The Hall–Kier alpha value is -1.82. The first-order chi connectivity index (χ1) is 6.63. The highest BCUT2D eigenvalue weighted by atomic mass is 16.4. The van der Waals surface area contributed by atoms with E-state index in [1.165, 1.54) is 13.0 Å². The zero-order valence-corrected chi connectivity index (χ0v) is 7.66. The van der Waals surface area contributed by atoms with Crippen LogP contribution in [0.3, 0.4) is 0 Å². The minimum absolute atomic E-state index is 0.110. The third kappa shape index (κ3) is 2.60. The maximum atomic E-state index is 11.2. The summed E-state index contributed by atoms with van der Waals surface area (Å²) in [5.41, 5.74) is 9.59. The molecule has 0 aliphatic heterocycles. The smallest absolute Gasteiger partial charge is 0.305 e. The van der Waals surface area contributed by atoms with Crippen molar-refractivity contribution in [3.05, 3.63) is 23.7 Å². The molecule has 2 amide bonds. The van der Waals surface area contributed by atoms with Gasteiger partial charge in [0, 0.05) is 6.92 Å². The van der Waals surface area contributed by atoms with E-state index in [1.807, 2.05) is 0 Å². The lowest BCUT2D eigenvalue weighted by Gasteiger charge is -2.01. The van der Waals surface area contributed by atoms with Crippen molar-refractivity contribution in [3.63, 3.8) is 0 Å². The molecule has 0 unspecified atom stereocenters. The second-order valence-electron chi connectivity index (χ2n) is 2.61. The first-order valence-electron chi connectivity index (χ1n) is 3.99. The van der Waals surface area contributed by atoms with E-state index in [4.69, 9.17) is 10.2 Å². The van der Waals surface area contributed by atoms with Crippen LogP contribution >= 0.6 is 0 Å². The summed E-state index contributed by atoms with van der Waals surface area (Å²) in [6.45, 7) is 1.52. The summed E-state index contributed by atoms with van der Waals surface area (Å²) in [6, 6.07) is 3.09. The fraction of sp³-hybridized carbons (Fsp3) is 0.250. The normalized spacial score (nSPS) is 9.57. The third-order valence-corrected chi connectivity index (χ3v) is 1.44. The summed E-state index contributed by atoms with van der Waals surface area (Å²) in [5, 5.41) is 0. The van der Waals surface area contributed by atoms with Crippen molar-refractivity contribution in [1.82, 2.24) is 10.9 Å². The molecule has 0 spiro atoms. The monoisotopic (exact) mass is 197 g/mol. The van der Waals surface area contributed by atoms with Crippen LogP contribution in [0.1, 0.15) is 23.2 Å². The molecule has 14 heavy (non-hydrogen) atoms. The number of hydrazine groups is 1. The van der Waals surface area contributed by atoms with E-state index >= 15 is 0 Å². The van der Waals surface area contributed by atoms with Crippen LogP contribution in [0.2, 0.25) is 0 Å². The van der Waals surface area contributed by atoms with Gasteiger partial charge >= 0.3 is 5.91 Å². The molecule has 4 N–H and O–H groups in total. The fourth-order valence-electron chi connectivity index (χ4n) is 0.816. The van der Waals surface area contributed by atoms with Gasteiger partial charge in [0.05, 0.1) is 6.54 Å². The van der Waals surface area contributed by atoms with Crippen LogP contribution in [0, 0.1) is 0 Å². The largest absolute Gasteiger partial charge is 0.455 e. The average Bonchev–Trinajstić information content (AvgIpc) is 2.62. The van der Waals surface area contributed by atoms with Crippen LogP contribution in [-0.4, -0.2) is 11.8 Å². The predicted molar refractivity (Wildman–Crippen MR) is 47.9 cm³/mol. The molecule has 1 aromatic rings. The molecule has 0 aliphatic rings. The minimum atomic E-state index is -0.514. The van der Waals surface area contributed by atoms with E-state index in [-0.39, 0.29) is 18.2 Å². The van der Waals surface area contributed by atoms with Crippen molar-refractivity contribution < 1.29 is 14.0 Å². The van der Waals surface area contributed by atoms with Gasteiger partial charge in [-0.15, -0.1) is 0 Å². The molecule has 0 aliphatic carbocycles. The molecule has 1 heterocycles. The SMILES string of the molecule is CC(=O)NNC(=O)c1ccc(CN)o1. The van der Waals surface area contributed by atoms with Crippen molar-refractivity contribution in [2.75, 3.05) is 0 Å². The van der Waals surface area contributed by atoms with Gasteiger partial charge in [-0.1, -0.05) is 0 Å². The summed E-state index contributed by atoms with van der Waals surface area (Å²) in [4.78, 5) is 21.7. The molecule has 0 saturated carbocycles. The lowest BCUT2D eigenvalue weighted by molar-refractivity contribution is -0.119. The number of hydrogen-bond donors (Lipinski definition) is 3. The van der Waals surface area contributed by atoms with Crippen molar-refractivity contribution in [2.45, 2.75) is 13.5 Å². The summed E-state index contributed by atoms with van der Waals surface area (Å²) < 4.78 is 5.04. The minimum Gasteiger partial charge on any atom is -0.455 e. The number of nitrogens with one attached hydrogen (secondary N) is 2. The van der Waals surface area contributed by atoms with Gasteiger partial charge in [-0.25, -0.2) is 0 Å². The highest BCUT2D eigenvalue weighted by molar-refractivity contribution is 5.92. The van der Waals surface area contributed by atoms with E-state index in [9.17, 15) is 9.59 Å². The van der Waals surface area contributed by atoms with Crippen molar-refractivity contribution in [1.29, 1.82) is 0 Å². The molecule has 0 fully saturated rings. The van der Waals surface area contributed by atoms with Gasteiger partial charge in [0.15, 0.2) is 5.76 Å². The van der Waals surface area contributed by atoms with Gasteiger partial charge in [-0.3, -0.25) is 20.4 Å². The molecular formula is C8H11N3O3. The van der Waals surface area contributed by atoms with Crippen LogP contribution in [-0.2, 0) is 11.3 Å². The van der Waals surface area contributed by atoms with Gasteiger partial charge in [-0.05, 0) is 12.1 Å². The van der Waals surface area contributed by atoms with Gasteiger partial charge in [0.1, 0.15) is 5.76 Å². The van der Waals surface area contributed by atoms with Crippen LogP contribution in [0.25, 0.3) is 0 Å². The van der Waals surface area contributed by atoms with E-state index in [0.717, 1.165) is 0 Å². The molecule has 6 heteroatoms. The summed E-state index contributed by atoms with van der Waals surface area (Å²) in [6.07, 6.45) is 0. The molecule has 1 rings (SSSR count). The van der Waals surface area contributed by atoms with E-state index in [1.54, 1.807) is 6.07 Å². The number of carbonyl (C=O) groups excluding carboxylic acids is 2. The fourth-order valence-corrected chi connectivity index (χ4v) is 0.816. The molecule has 6 nitrogen and oxygen atoms in total. The maximum Gasteiger partial charge on any atom is 0.305 e. The number of carbonyl (C=O) groups is 2. The predicted octanol–water partition coefficient (Wildman–Crippen LogP) is -0.481. The Labute approximate surface area is 80.4 Å². The zero-order valence-electron chi connectivity index (χ0n) is 7.66. The Morgan fingerprint density at radius 3 is 2.64 bits per heavy atom. The number of amides is 2. The Morgan fingerprint density at radius 2 is 2.14 bits per heavy atom. The maximum absolute atomic E-state index is 11.2. The highest BCUT2D eigenvalue weighted by Gasteiger charge is 2.09. The Kier molecular flexibility index (Phi) is 3.24. The van der Waals surface area contributed by atoms with Crippen LogP contribution in [0.4, 0.5) is 0 Å². The van der Waals surface area contributed by atoms with E-state index in [2.05, 4.69) is 10.9 Å². The van der Waals surface area contributed by atoms with Crippen LogP contribution < -0.4 is 16.6 Å². The Bertz CT molecular complexity index is 345. The van der Waals surface area contributed by atoms with Crippen molar-refractivity contribution in [2.24, 2.45) is 5.73 Å². The van der Waals surface area contributed by atoms with E-state index in [0.29, 0.717) is 5.76 Å². The molecule has 1 aromatic heterocycles. The number of furan rings is 1. The highest BCUT2D eigenvalue weighted by Crippen LogP contribution is 2.05. The lowest BCUT2D eigenvalue weighted by Crippen LogP contribution is -2.40. The molecule has 0 bridgehead atoms. The molecule has 0 radical (unpaired) electrons. The number of rotatable bonds is 2. The molecule has 0 saturated heterocycles. The molecular weight excluding hydrogens is 186 g/mol. The quantitative estimate of drug-likeness (QED) is 0.558. The molecule has 0 aromatic carbocycles. The molecule has 76 valence electrons. The van der Waals surface area contributed by atoms with Gasteiger partial charge in [-0.2, -0.15) is 0 Å². The molecule has 0 atom stereocenters. The van der Waals surface area contributed by atoms with Gasteiger partial charge in [0.25, 0.3) is 0 Å². The van der Waals surface area contributed by atoms with Crippen molar-refractivity contribution >= 4 is 11.8 Å². The zero-order chi connectivity index (χ0) is 10.6. The standard InChI is InChI=1S/C8H11N3O3/c1-5(12)10-11-8(13)7-3-2-6(4-9)14-7/h2-3H,4,9H2,1H3,(H,10,12)(H,11,13). The van der Waals surface area contributed by atoms with Crippen LogP contribution in [0.5, 0.6) is 0 Å². The topological polar surface area (TPSA) is 97.4 Å².